The molecule has 7 heteroatoms. The number of aromatic hydroxyl groups is 2. The van der Waals surface area contributed by atoms with Crippen molar-refractivity contribution in [1.29, 1.82) is 0 Å². The molecule has 1 aromatic heterocycles. The molecule has 35 heavy (non-hydrogen) atoms. The van der Waals surface area contributed by atoms with Crippen LogP contribution >= 0.6 is 0 Å². The molecule has 188 valence electrons. The number of phenolic OH excluding ortho intramolecular Hbond substituents is 1. The van der Waals surface area contributed by atoms with E-state index in [0.29, 0.717) is 11.5 Å². The van der Waals surface area contributed by atoms with Gasteiger partial charge in [-0.1, -0.05) is 37.6 Å². The molecule has 2 saturated carbocycles. The SMILES string of the molecule is C/C=C/C1C2CC(C)CCC2C(C)(O)C(OC)C1C(=O)c1c(O)c(-c2ccc(O)cc2)c[nH]c1=O. The highest BCUT2D eigenvalue weighted by molar-refractivity contribution is 6.02. The number of ketones is 1. The fourth-order valence-corrected chi connectivity index (χ4v) is 6.58. The summed E-state index contributed by atoms with van der Waals surface area (Å²) in [6.45, 7) is 5.82. The van der Waals surface area contributed by atoms with Crippen LogP contribution in [0.4, 0.5) is 0 Å². The second-order valence-electron chi connectivity index (χ2n) is 10.4. The number of Topliss-reactive ketones (excluding diaryl/α,β-unsaturated/α-hetero) is 1. The van der Waals surface area contributed by atoms with E-state index in [1.807, 2.05) is 19.1 Å². The first kappa shape index (κ1) is 25.2. The van der Waals surface area contributed by atoms with Crippen molar-refractivity contribution in [2.24, 2.45) is 29.6 Å². The first-order chi connectivity index (χ1) is 16.6. The number of rotatable bonds is 5. The van der Waals surface area contributed by atoms with Gasteiger partial charge in [0.05, 0.1) is 17.6 Å². The molecule has 2 aliphatic rings. The quantitative estimate of drug-likeness (QED) is 0.374. The Labute approximate surface area is 205 Å². The van der Waals surface area contributed by atoms with Gasteiger partial charge in [-0.3, -0.25) is 9.59 Å². The van der Waals surface area contributed by atoms with Crippen LogP contribution in [0.15, 0.2) is 47.4 Å². The number of pyridine rings is 1. The van der Waals surface area contributed by atoms with Crippen LogP contribution in [0.5, 0.6) is 11.5 Å². The van der Waals surface area contributed by atoms with Crippen LogP contribution in [0.2, 0.25) is 0 Å². The minimum atomic E-state index is -1.27. The van der Waals surface area contributed by atoms with E-state index in [1.54, 1.807) is 19.1 Å². The maximum atomic E-state index is 14.1. The molecule has 2 aliphatic carbocycles. The van der Waals surface area contributed by atoms with Gasteiger partial charge in [0.1, 0.15) is 17.1 Å². The maximum absolute atomic E-state index is 14.1. The van der Waals surface area contributed by atoms with Crippen molar-refractivity contribution in [1.82, 2.24) is 4.98 Å². The van der Waals surface area contributed by atoms with E-state index in [-0.39, 0.29) is 34.6 Å². The lowest BCUT2D eigenvalue weighted by atomic mass is 9.52. The molecule has 0 saturated heterocycles. The molecule has 2 fully saturated rings. The number of carbonyl (C=O) groups is 1. The van der Waals surface area contributed by atoms with Crippen molar-refractivity contribution < 1.29 is 24.9 Å². The van der Waals surface area contributed by atoms with Gasteiger partial charge in [-0.2, -0.15) is 0 Å². The zero-order chi connectivity index (χ0) is 25.5. The molecule has 7 unspecified atom stereocenters. The van der Waals surface area contributed by atoms with Gasteiger partial charge >= 0.3 is 0 Å². The van der Waals surface area contributed by atoms with Gasteiger partial charge in [-0.25, -0.2) is 0 Å². The van der Waals surface area contributed by atoms with Gasteiger partial charge in [0.15, 0.2) is 5.78 Å². The van der Waals surface area contributed by atoms with Crippen molar-refractivity contribution in [3.8, 4) is 22.6 Å². The monoisotopic (exact) mass is 481 g/mol. The molecule has 7 atom stereocenters. The predicted octanol–water partition coefficient (Wildman–Crippen LogP) is 4.28. The van der Waals surface area contributed by atoms with Gasteiger partial charge in [-0.05, 0) is 68.1 Å². The molecule has 0 bridgehead atoms. The standard InChI is InChI=1S/C28H35NO6/c1-5-6-18-19-13-15(2)7-12-21(19)28(3,34)26(35-4)22(18)25(32)23-24(31)20(14-29-27(23)33)16-8-10-17(30)11-9-16/h5-6,8-11,14-15,18-19,21-22,26,30,34H,7,12-13H2,1-4H3,(H2,29,31,33)/b6-5+. The van der Waals surface area contributed by atoms with E-state index in [9.17, 15) is 24.9 Å². The third-order valence-electron chi connectivity index (χ3n) is 8.19. The van der Waals surface area contributed by atoms with Crippen molar-refractivity contribution in [2.75, 3.05) is 7.11 Å². The molecule has 1 aromatic carbocycles. The molecule has 0 amide bonds. The lowest BCUT2D eigenvalue weighted by molar-refractivity contribution is -0.193. The zero-order valence-corrected chi connectivity index (χ0v) is 20.7. The summed E-state index contributed by atoms with van der Waals surface area (Å²) in [5, 5.41) is 32.5. The van der Waals surface area contributed by atoms with E-state index >= 15 is 0 Å². The molecule has 7 nitrogen and oxygen atoms in total. The van der Waals surface area contributed by atoms with Gasteiger partial charge in [0.2, 0.25) is 0 Å². The number of ether oxygens (including phenoxy) is 1. The number of phenols is 1. The third-order valence-corrected chi connectivity index (χ3v) is 8.19. The highest BCUT2D eigenvalue weighted by atomic mass is 16.5. The normalized spacial score (nSPS) is 32.9. The minimum absolute atomic E-state index is 0.0379. The number of methoxy groups -OCH3 is 1. The Morgan fingerprint density at radius 1 is 1.20 bits per heavy atom. The van der Waals surface area contributed by atoms with E-state index in [0.717, 1.165) is 19.3 Å². The Hall–Kier alpha value is -2.90. The number of hydrogen-bond acceptors (Lipinski definition) is 6. The highest BCUT2D eigenvalue weighted by Crippen LogP contribution is 2.54. The van der Waals surface area contributed by atoms with Gasteiger partial charge < -0.3 is 25.0 Å². The van der Waals surface area contributed by atoms with Crippen LogP contribution in [0.3, 0.4) is 0 Å². The smallest absolute Gasteiger partial charge is 0.262 e. The van der Waals surface area contributed by atoms with Crippen LogP contribution in [0, 0.1) is 29.6 Å². The second kappa shape index (κ2) is 9.63. The van der Waals surface area contributed by atoms with Crippen LogP contribution in [-0.2, 0) is 4.74 Å². The Kier molecular flexibility index (Phi) is 6.93. The van der Waals surface area contributed by atoms with Crippen LogP contribution in [-0.4, -0.2) is 44.9 Å². The van der Waals surface area contributed by atoms with Crippen molar-refractivity contribution in [3.05, 3.63) is 58.5 Å². The minimum Gasteiger partial charge on any atom is -0.508 e. The first-order valence-electron chi connectivity index (χ1n) is 12.3. The number of aliphatic hydroxyl groups is 1. The number of aromatic amines is 1. The molecule has 0 aliphatic heterocycles. The van der Waals surface area contributed by atoms with Crippen molar-refractivity contribution >= 4 is 5.78 Å². The van der Waals surface area contributed by atoms with Crippen molar-refractivity contribution in [2.45, 2.75) is 51.7 Å². The Morgan fingerprint density at radius 3 is 2.51 bits per heavy atom. The van der Waals surface area contributed by atoms with Gasteiger partial charge in [-0.15, -0.1) is 0 Å². The summed E-state index contributed by atoms with van der Waals surface area (Å²) >= 11 is 0. The molecular formula is C28H35NO6. The van der Waals surface area contributed by atoms with Gasteiger partial charge in [0.25, 0.3) is 5.56 Å². The summed E-state index contributed by atoms with van der Waals surface area (Å²) in [5.74, 6) is -1.53. The number of nitrogens with one attached hydrogen (secondary N) is 1. The summed E-state index contributed by atoms with van der Waals surface area (Å²) in [7, 11) is 1.48. The Bertz CT molecular complexity index is 1160. The summed E-state index contributed by atoms with van der Waals surface area (Å²) < 4.78 is 5.80. The molecule has 0 spiro atoms. The summed E-state index contributed by atoms with van der Waals surface area (Å²) in [6, 6.07) is 6.12. The predicted molar refractivity (Wildman–Crippen MR) is 133 cm³/mol. The van der Waals surface area contributed by atoms with Gasteiger partial charge in [0, 0.05) is 18.9 Å². The van der Waals surface area contributed by atoms with E-state index < -0.39 is 34.7 Å². The molecule has 1 heterocycles. The van der Waals surface area contributed by atoms with Crippen LogP contribution in [0.1, 0.15) is 50.4 Å². The fraction of sp³-hybridized carbons (Fsp3) is 0.500. The average molecular weight is 482 g/mol. The summed E-state index contributed by atoms with van der Waals surface area (Å²) in [4.78, 5) is 29.6. The topological polar surface area (TPSA) is 120 Å². The summed E-state index contributed by atoms with van der Waals surface area (Å²) in [5.41, 5.74) is -1.49. The number of carbonyl (C=O) groups excluding carboxylic acids is 1. The van der Waals surface area contributed by atoms with Crippen molar-refractivity contribution in [3.63, 3.8) is 0 Å². The molecular weight excluding hydrogens is 446 g/mol. The molecule has 4 rings (SSSR count). The number of fused-ring (bicyclic) bond motifs is 1. The van der Waals surface area contributed by atoms with Crippen LogP contribution in [0.25, 0.3) is 11.1 Å². The highest BCUT2D eigenvalue weighted by Gasteiger charge is 2.59. The summed E-state index contributed by atoms with van der Waals surface area (Å²) in [6.07, 6.45) is 7.13. The number of allylic oxidation sites excluding steroid dienone is 2. The lowest BCUT2D eigenvalue weighted by Crippen LogP contribution is -2.63. The lowest BCUT2D eigenvalue weighted by Gasteiger charge is -2.56. The van der Waals surface area contributed by atoms with Crippen LogP contribution < -0.4 is 5.56 Å². The maximum Gasteiger partial charge on any atom is 0.262 e. The number of H-pyrrole nitrogens is 1. The van der Waals surface area contributed by atoms with E-state index in [4.69, 9.17) is 4.74 Å². The largest absolute Gasteiger partial charge is 0.508 e. The van der Waals surface area contributed by atoms with E-state index in [2.05, 4.69) is 11.9 Å². The van der Waals surface area contributed by atoms with E-state index in [1.165, 1.54) is 25.4 Å². The average Bonchev–Trinajstić information content (AvgIpc) is 2.81. The second-order valence-corrected chi connectivity index (χ2v) is 10.4. The number of benzene rings is 1. The number of hydrogen-bond donors (Lipinski definition) is 4. The fourth-order valence-electron chi connectivity index (χ4n) is 6.58. The Morgan fingerprint density at radius 2 is 1.89 bits per heavy atom. The molecule has 4 N–H and O–H groups in total. The molecule has 0 radical (unpaired) electrons. The molecule has 2 aromatic rings. The first-order valence-corrected chi connectivity index (χ1v) is 12.3. The third kappa shape index (κ3) is 4.32. The Balaban J connectivity index is 1.85. The number of aromatic nitrogens is 1. The zero-order valence-electron chi connectivity index (χ0n) is 20.7.